The molecule has 0 radical (unpaired) electrons. The number of hydrogen-bond acceptors (Lipinski definition) is 3. The van der Waals surface area contributed by atoms with Gasteiger partial charge in [0, 0.05) is 24.7 Å². The summed E-state index contributed by atoms with van der Waals surface area (Å²) in [6, 6.07) is 15.6. The number of hydrogen-bond donors (Lipinski definition) is 2. The van der Waals surface area contributed by atoms with Crippen molar-refractivity contribution in [1.29, 1.82) is 0 Å². The first kappa shape index (κ1) is 14.8. The number of anilines is 2. The summed E-state index contributed by atoms with van der Waals surface area (Å²) in [5, 5.41) is 4.10. The average molecular weight is 321 g/mol. The van der Waals surface area contributed by atoms with Crippen molar-refractivity contribution in [2.75, 3.05) is 36.5 Å². The standard InChI is InChI=1S/C19H19N3O2/c23-19(15-5-3-4-14-8-9-20-18(14)15)21-16-6-1-2-7-17(16)22-10-12-24-13-11-22/h1-9,20H,10-13H2,(H,21,23). The summed E-state index contributed by atoms with van der Waals surface area (Å²) in [5.41, 5.74) is 3.37. The molecule has 1 aliphatic heterocycles. The Labute approximate surface area is 140 Å². The van der Waals surface area contributed by atoms with Crippen LogP contribution in [0.1, 0.15) is 10.4 Å². The molecule has 0 saturated carbocycles. The third kappa shape index (κ3) is 2.74. The predicted molar refractivity (Wildman–Crippen MR) is 95.7 cm³/mol. The van der Waals surface area contributed by atoms with E-state index < -0.39 is 0 Å². The summed E-state index contributed by atoms with van der Waals surface area (Å²) in [6.07, 6.45) is 1.85. The van der Waals surface area contributed by atoms with Gasteiger partial charge in [-0.1, -0.05) is 24.3 Å². The lowest BCUT2D eigenvalue weighted by Gasteiger charge is -2.30. The van der Waals surface area contributed by atoms with E-state index in [9.17, 15) is 4.79 Å². The molecule has 5 heteroatoms. The fourth-order valence-electron chi connectivity index (χ4n) is 3.12. The van der Waals surface area contributed by atoms with E-state index in [4.69, 9.17) is 4.74 Å². The molecule has 24 heavy (non-hydrogen) atoms. The minimum Gasteiger partial charge on any atom is -0.378 e. The Kier molecular flexibility index (Phi) is 3.92. The van der Waals surface area contributed by atoms with Crippen LogP contribution in [-0.4, -0.2) is 37.2 Å². The van der Waals surface area contributed by atoms with Crippen molar-refractivity contribution in [3.63, 3.8) is 0 Å². The van der Waals surface area contributed by atoms with Crippen molar-refractivity contribution in [2.45, 2.75) is 0 Å². The molecule has 0 bridgehead atoms. The van der Waals surface area contributed by atoms with E-state index >= 15 is 0 Å². The molecule has 2 heterocycles. The van der Waals surface area contributed by atoms with Crippen LogP contribution in [0.15, 0.2) is 54.7 Å². The summed E-state index contributed by atoms with van der Waals surface area (Å²) in [4.78, 5) is 18.2. The maximum absolute atomic E-state index is 12.8. The third-order valence-electron chi connectivity index (χ3n) is 4.34. The van der Waals surface area contributed by atoms with Gasteiger partial charge < -0.3 is 19.9 Å². The molecule has 3 aromatic rings. The zero-order valence-electron chi connectivity index (χ0n) is 13.3. The first-order valence-electron chi connectivity index (χ1n) is 8.12. The zero-order chi connectivity index (χ0) is 16.4. The van der Waals surface area contributed by atoms with Crippen LogP contribution in [0.25, 0.3) is 10.9 Å². The number of nitrogens with one attached hydrogen (secondary N) is 2. The number of morpholine rings is 1. The molecule has 0 spiro atoms. The van der Waals surface area contributed by atoms with Crippen LogP contribution in [0, 0.1) is 0 Å². The van der Waals surface area contributed by atoms with Gasteiger partial charge in [-0.3, -0.25) is 4.79 Å². The van der Waals surface area contributed by atoms with Crippen LogP contribution in [0.4, 0.5) is 11.4 Å². The highest BCUT2D eigenvalue weighted by molar-refractivity contribution is 6.12. The Balaban J connectivity index is 1.63. The monoisotopic (exact) mass is 321 g/mol. The van der Waals surface area contributed by atoms with Gasteiger partial charge in [0.2, 0.25) is 0 Å². The van der Waals surface area contributed by atoms with E-state index in [1.807, 2.05) is 54.7 Å². The lowest BCUT2D eigenvalue weighted by Crippen LogP contribution is -2.36. The lowest BCUT2D eigenvalue weighted by atomic mass is 10.1. The maximum Gasteiger partial charge on any atom is 0.257 e. The van der Waals surface area contributed by atoms with Crippen molar-refractivity contribution >= 4 is 28.2 Å². The highest BCUT2D eigenvalue weighted by atomic mass is 16.5. The van der Waals surface area contributed by atoms with E-state index in [0.29, 0.717) is 18.8 Å². The summed E-state index contributed by atoms with van der Waals surface area (Å²) >= 11 is 0. The van der Waals surface area contributed by atoms with E-state index in [1.54, 1.807) is 0 Å². The average Bonchev–Trinajstić information content (AvgIpc) is 3.11. The van der Waals surface area contributed by atoms with Crippen LogP contribution in [-0.2, 0) is 4.74 Å². The Bertz CT molecular complexity index is 866. The van der Waals surface area contributed by atoms with Crippen molar-refractivity contribution in [3.05, 3.63) is 60.3 Å². The number of benzene rings is 2. The quantitative estimate of drug-likeness (QED) is 0.778. The molecular formula is C19H19N3O2. The van der Waals surface area contributed by atoms with Crippen molar-refractivity contribution < 1.29 is 9.53 Å². The first-order valence-corrected chi connectivity index (χ1v) is 8.12. The van der Waals surface area contributed by atoms with Gasteiger partial charge in [0.1, 0.15) is 0 Å². The number of nitrogens with zero attached hydrogens (tertiary/aromatic N) is 1. The van der Waals surface area contributed by atoms with Crippen molar-refractivity contribution in [1.82, 2.24) is 4.98 Å². The number of ether oxygens (including phenoxy) is 1. The molecule has 1 aliphatic rings. The van der Waals surface area contributed by atoms with E-state index in [0.717, 1.165) is 35.4 Å². The maximum atomic E-state index is 12.8. The number of rotatable bonds is 3. The molecule has 0 atom stereocenters. The molecule has 4 rings (SSSR count). The molecule has 122 valence electrons. The zero-order valence-corrected chi connectivity index (χ0v) is 13.3. The summed E-state index contributed by atoms with van der Waals surface area (Å²) < 4.78 is 5.42. The van der Waals surface area contributed by atoms with Crippen molar-refractivity contribution in [2.24, 2.45) is 0 Å². The van der Waals surface area contributed by atoms with Gasteiger partial charge in [-0.25, -0.2) is 0 Å². The molecule has 1 aromatic heterocycles. The van der Waals surface area contributed by atoms with Gasteiger partial charge >= 0.3 is 0 Å². The number of para-hydroxylation sites is 3. The molecule has 1 amide bonds. The number of carbonyl (C=O) groups is 1. The first-order chi connectivity index (χ1) is 11.8. The lowest BCUT2D eigenvalue weighted by molar-refractivity contribution is 0.102. The predicted octanol–water partition coefficient (Wildman–Crippen LogP) is 3.26. The van der Waals surface area contributed by atoms with Crippen LogP contribution in [0.3, 0.4) is 0 Å². The Morgan fingerprint density at radius 2 is 1.88 bits per heavy atom. The van der Waals surface area contributed by atoms with Crippen LogP contribution < -0.4 is 10.2 Å². The van der Waals surface area contributed by atoms with Crippen LogP contribution >= 0.6 is 0 Å². The van der Waals surface area contributed by atoms with E-state index in [-0.39, 0.29) is 5.91 Å². The summed E-state index contributed by atoms with van der Waals surface area (Å²) in [7, 11) is 0. The Morgan fingerprint density at radius 1 is 1.04 bits per heavy atom. The topological polar surface area (TPSA) is 57.4 Å². The van der Waals surface area contributed by atoms with Crippen LogP contribution in [0.5, 0.6) is 0 Å². The van der Waals surface area contributed by atoms with Gasteiger partial charge in [-0.2, -0.15) is 0 Å². The molecule has 2 N–H and O–H groups in total. The van der Waals surface area contributed by atoms with Gasteiger partial charge in [0.25, 0.3) is 5.91 Å². The van der Waals surface area contributed by atoms with Crippen LogP contribution in [0.2, 0.25) is 0 Å². The molecule has 0 aliphatic carbocycles. The third-order valence-corrected chi connectivity index (χ3v) is 4.34. The van der Waals surface area contributed by atoms with E-state index in [1.165, 1.54) is 0 Å². The SMILES string of the molecule is O=C(Nc1ccccc1N1CCOCC1)c1cccc2cc[nH]c12. The molecule has 1 fully saturated rings. The molecular weight excluding hydrogens is 302 g/mol. The number of H-pyrrole nitrogens is 1. The largest absolute Gasteiger partial charge is 0.378 e. The fourth-order valence-corrected chi connectivity index (χ4v) is 3.12. The number of aromatic amines is 1. The molecule has 5 nitrogen and oxygen atoms in total. The second-order valence-corrected chi connectivity index (χ2v) is 5.82. The smallest absolute Gasteiger partial charge is 0.257 e. The molecule has 1 saturated heterocycles. The molecule has 0 unspecified atom stereocenters. The number of carbonyl (C=O) groups excluding carboxylic acids is 1. The second kappa shape index (κ2) is 6.37. The fraction of sp³-hybridized carbons (Fsp3) is 0.211. The highest BCUT2D eigenvalue weighted by Crippen LogP contribution is 2.27. The summed E-state index contributed by atoms with van der Waals surface area (Å²) in [6.45, 7) is 3.09. The summed E-state index contributed by atoms with van der Waals surface area (Å²) in [5.74, 6) is -0.108. The second-order valence-electron chi connectivity index (χ2n) is 5.82. The number of fused-ring (bicyclic) bond motifs is 1. The van der Waals surface area contributed by atoms with Gasteiger partial charge in [-0.15, -0.1) is 0 Å². The Hall–Kier alpha value is -2.79. The number of aromatic nitrogens is 1. The van der Waals surface area contributed by atoms with Crippen molar-refractivity contribution in [3.8, 4) is 0 Å². The normalized spacial score (nSPS) is 14.8. The number of amides is 1. The minimum atomic E-state index is -0.108. The molecule has 2 aromatic carbocycles. The van der Waals surface area contributed by atoms with Gasteiger partial charge in [0.05, 0.1) is 35.7 Å². The minimum absolute atomic E-state index is 0.108. The van der Waals surface area contributed by atoms with Gasteiger partial charge in [0.15, 0.2) is 0 Å². The highest BCUT2D eigenvalue weighted by Gasteiger charge is 2.17. The Morgan fingerprint density at radius 3 is 2.75 bits per heavy atom. The van der Waals surface area contributed by atoms with E-state index in [2.05, 4.69) is 15.2 Å². The van der Waals surface area contributed by atoms with Gasteiger partial charge in [-0.05, 0) is 24.3 Å².